The molecule has 0 saturated carbocycles. The minimum absolute atomic E-state index is 0.0111. The highest BCUT2D eigenvalue weighted by atomic mass is 35.5. The maximum absolute atomic E-state index is 13.8. The minimum Gasteiger partial charge on any atom is -0.206 e. The van der Waals surface area contributed by atoms with Crippen molar-refractivity contribution in [1.29, 1.82) is 0 Å². The fraction of sp³-hybridized carbons (Fsp3) is 0.0667. The van der Waals surface area contributed by atoms with E-state index in [9.17, 15) is 17.6 Å². The van der Waals surface area contributed by atoms with Crippen molar-refractivity contribution in [1.82, 2.24) is 14.8 Å². The van der Waals surface area contributed by atoms with E-state index in [1.54, 1.807) is 0 Å². The van der Waals surface area contributed by atoms with E-state index in [1.807, 2.05) is 0 Å². The van der Waals surface area contributed by atoms with E-state index in [4.69, 9.17) is 11.6 Å². The molecule has 0 bridgehead atoms. The maximum atomic E-state index is 13.8. The maximum Gasteiger partial charge on any atom is 0.265 e. The van der Waals surface area contributed by atoms with Crippen LogP contribution in [0.1, 0.15) is 12.0 Å². The van der Waals surface area contributed by atoms with Gasteiger partial charge in [-0.15, -0.1) is 5.10 Å². The normalized spacial score (nSPS) is 11.2. The van der Waals surface area contributed by atoms with Gasteiger partial charge in [-0.05, 0) is 29.8 Å². The standard InChI is InChI=1S/C15H8ClF4N3/c16-15-21-14(12-9(17)5-3-6-10(12)18)22-23(15)11-7-2-1-4-8(11)13(19)20/h1-7,13H. The highest BCUT2D eigenvalue weighted by Crippen LogP contribution is 2.30. The van der Waals surface area contributed by atoms with Gasteiger partial charge in [0.15, 0.2) is 5.82 Å². The van der Waals surface area contributed by atoms with E-state index in [0.717, 1.165) is 16.8 Å². The van der Waals surface area contributed by atoms with Crippen LogP contribution in [0, 0.1) is 11.6 Å². The number of rotatable bonds is 3. The Labute approximate surface area is 133 Å². The largest absolute Gasteiger partial charge is 0.265 e. The number of aromatic nitrogens is 3. The molecule has 0 aliphatic rings. The van der Waals surface area contributed by atoms with Gasteiger partial charge in [0, 0.05) is 5.56 Å². The van der Waals surface area contributed by atoms with Crippen molar-refractivity contribution < 1.29 is 17.6 Å². The zero-order valence-electron chi connectivity index (χ0n) is 11.4. The van der Waals surface area contributed by atoms with Gasteiger partial charge in [0.25, 0.3) is 6.43 Å². The van der Waals surface area contributed by atoms with E-state index in [2.05, 4.69) is 10.1 Å². The SMILES string of the molecule is Fc1cccc(F)c1-c1nc(Cl)n(-c2ccccc2C(F)F)n1. The van der Waals surface area contributed by atoms with Gasteiger partial charge in [-0.2, -0.15) is 4.98 Å². The van der Waals surface area contributed by atoms with Gasteiger partial charge >= 0.3 is 0 Å². The molecule has 3 rings (SSSR count). The molecule has 8 heteroatoms. The molecule has 0 spiro atoms. The van der Waals surface area contributed by atoms with Gasteiger partial charge in [0.05, 0.1) is 11.3 Å². The molecule has 0 atom stereocenters. The molecule has 118 valence electrons. The first-order valence-electron chi connectivity index (χ1n) is 6.43. The van der Waals surface area contributed by atoms with E-state index >= 15 is 0 Å². The van der Waals surface area contributed by atoms with Gasteiger partial charge in [-0.3, -0.25) is 0 Å². The molecule has 1 heterocycles. The zero-order valence-corrected chi connectivity index (χ0v) is 12.1. The molecule has 3 aromatic rings. The van der Waals surface area contributed by atoms with Crippen LogP contribution in [0.25, 0.3) is 17.1 Å². The minimum atomic E-state index is -2.76. The van der Waals surface area contributed by atoms with Crippen LogP contribution in [0.5, 0.6) is 0 Å². The molecular formula is C15H8ClF4N3. The van der Waals surface area contributed by atoms with Gasteiger partial charge in [0.2, 0.25) is 5.28 Å². The predicted molar refractivity (Wildman–Crippen MR) is 76.7 cm³/mol. The lowest BCUT2D eigenvalue weighted by molar-refractivity contribution is 0.151. The number of hydrogen-bond donors (Lipinski definition) is 0. The Morgan fingerprint density at radius 2 is 1.61 bits per heavy atom. The van der Waals surface area contributed by atoms with E-state index < -0.39 is 23.6 Å². The van der Waals surface area contributed by atoms with Crippen molar-refractivity contribution in [2.45, 2.75) is 6.43 Å². The van der Waals surface area contributed by atoms with Crippen LogP contribution >= 0.6 is 11.6 Å². The lowest BCUT2D eigenvalue weighted by Gasteiger charge is -2.08. The first kappa shape index (κ1) is 15.5. The van der Waals surface area contributed by atoms with Crippen molar-refractivity contribution in [2.24, 2.45) is 0 Å². The summed E-state index contributed by atoms with van der Waals surface area (Å²) >= 11 is 5.91. The monoisotopic (exact) mass is 341 g/mol. The summed E-state index contributed by atoms with van der Waals surface area (Å²) < 4.78 is 54.7. The predicted octanol–water partition coefficient (Wildman–Crippen LogP) is 4.80. The Kier molecular flexibility index (Phi) is 4.04. The third-order valence-electron chi connectivity index (χ3n) is 3.15. The van der Waals surface area contributed by atoms with Crippen molar-refractivity contribution in [3.63, 3.8) is 0 Å². The Morgan fingerprint density at radius 3 is 2.26 bits per heavy atom. The fourth-order valence-electron chi connectivity index (χ4n) is 2.13. The lowest BCUT2D eigenvalue weighted by Crippen LogP contribution is -2.02. The zero-order chi connectivity index (χ0) is 16.6. The van der Waals surface area contributed by atoms with Gasteiger partial charge in [0.1, 0.15) is 11.6 Å². The summed E-state index contributed by atoms with van der Waals surface area (Å²) in [7, 11) is 0. The molecular weight excluding hydrogens is 334 g/mol. The molecule has 0 fully saturated rings. The van der Waals surface area contributed by atoms with Crippen LogP contribution in [0.4, 0.5) is 17.6 Å². The summed E-state index contributed by atoms with van der Waals surface area (Å²) in [6, 6.07) is 8.81. The smallest absolute Gasteiger partial charge is 0.206 e. The Bertz CT molecular complexity index is 843. The van der Waals surface area contributed by atoms with Crippen molar-refractivity contribution in [3.8, 4) is 17.1 Å². The average Bonchev–Trinajstić information content (AvgIpc) is 2.88. The number of para-hydroxylation sites is 1. The summed E-state index contributed by atoms with van der Waals surface area (Å²) in [5.74, 6) is -2.07. The van der Waals surface area contributed by atoms with Gasteiger partial charge in [-0.1, -0.05) is 24.3 Å². The second kappa shape index (κ2) is 6.00. The second-order valence-corrected chi connectivity index (χ2v) is 4.91. The van der Waals surface area contributed by atoms with Crippen molar-refractivity contribution in [2.75, 3.05) is 0 Å². The van der Waals surface area contributed by atoms with Crippen LogP contribution < -0.4 is 0 Å². The number of nitrogens with zero attached hydrogens (tertiary/aromatic N) is 3. The molecule has 2 aromatic carbocycles. The Balaban J connectivity index is 2.17. The van der Waals surface area contributed by atoms with Crippen LogP contribution in [-0.2, 0) is 0 Å². The molecule has 0 saturated heterocycles. The molecule has 1 aromatic heterocycles. The van der Waals surface area contributed by atoms with Crippen LogP contribution in [0.3, 0.4) is 0 Å². The Hall–Kier alpha value is -2.41. The fourth-order valence-corrected chi connectivity index (χ4v) is 2.34. The van der Waals surface area contributed by atoms with Crippen molar-refractivity contribution in [3.05, 3.63) is 64.9 Å². The molecule has 0 aliphatic heterocycles. The molecule has 23 heavy (non-hydrogen) atoms. The summed E-state index contributed by atoms with van der Waals surface area (Å²) in [5, 5.41) is 3.59. The van der Waals surface area contributed by atoms with E-state index in [0.29, 0.717) is 0 Å². The first-order chi connectivity index (χ1) is 11.0. The molecule has 3 nitrogen and oxygen atoms in total. The van der Waals surface area contributed by atoms with Crippen molar-refractivity contribution >= 4 is 11.6 Å². The highest BCUT2D eigenvalue weighted by Gasteiger charge is 2.21. The van der Waals surface area contributed by atoms with Gasteiger partial charge < -0.3 is 0 Å². The Morgan fingerprint density at radius 1 is 0.957 bits per heavy atom. The molecule has 0 N–H and O–H groups in total. The molecule has 0 amide bonds. The van der Waals surface area contributed by atoms with Gasteiger partial charge in [-0.25, -0.2) is 22.2 Å². The van der Waals surface area contributed by atoms with E-state index in [1.165, 1.54) is 30.3 Å². The summed E-state index contributed by atoms with van der Waals surface area (Å²) in [6.45, 7) is 0. The van der Waals surface area contributed by atoms with Crippen LogP contribution in [0.2, 0.25) is 5.28 Å². The third kappa shape index (κ3) is 2.79. The number of hydrogen-bond acceptors (Lipinski definition) is 2. The quantitative estimate of drug-likeness (QED) is 0.640. The summed E-state index contributed by atoms with van der Waals surface area (Å²) in [5.41, 5.74) is -0.800. The molecule has 0 aliphatic carbocycles. The number of halogens is 5. The topological polar surface area (TPSA) is 30.7 Å². The first-order valence-corrected chi connectivity index (χ1v) is 6.81. The highest BCUT2D eigenvalue weighted by molar-refractivity contribution is 6.28. The molecule has 0 radical (unpaired) electrons. The number of alkyl halides is 2. The second-order valence-electron chi connectivity index (χ2n) is 4.57. The van der Waals surface area contributed by atoms with E-state index in [-0.39, 0.29) is 22.4 Å². The molecule has 0 unspecified atom stereocenters. The summed E-state index contributed by atoms with van der Waals surface area (Å²) in [6.07, 6.45) is -2.76. The van der Waals surface area contributed by atoms with Crippen LogP contribution in [-0.4, -0.2) is 14.8 Å². The lowest BCUT2D eigenvalue weighted by atomic mass is 10.2. The number of benzene rings is 2. The van der Waals surface area contributed by atoms with Crippen LogP contribution in [0.15, 0.2) is 42.5 Å². The average molecular weight is 342 g/mol. The summed E-state index contributed by atoms with van der Waals surface area (Å²) in [4.78, 5) is 3.77. The third-order valence-corrected chi connectivity index (χ3v) is 3.40.